The van der Waals surface area contributed by atoms with Gasteiger partial charge in [-0.15, -0.1) is 11.8 Å². The lowest BCUT2D eigenvalue weighted by Crippen LogP contribution is -1.79. The maximum atomic E-state index is 4.03. The number of nitrogens with one attached hydrogen (secondary N) is 1. The molecule has 3 rings (SSSR count). The number of hydrogen-bond donors (Lipinski definition) is 1. The van der Waals surface area contributed by atoms with Crippen LogP contribution in [0.4, 0.5) is 0 Å². The highest BCUT2D eigenvalue weighted by Gasteiger charge is 1.99. The van der Waals surface area contributed by atoms with Gasteiger partial charge in [-0.3, -0.25) is 5.10 Å². The lowest BCUT2D eigenvalue weighted by Gasteiger charge is -2.01. The number of thioether (sulfide) groups is 1. The smallest absolute Gasteiger partial charge is 0.0661 e. The third-order valence-corrected chi connectivity index (χ3v) is 3.73. The average Bonchev–Trinajstić information content (AvgIpc) is 2.85. The van der Waals surface area contributed by atoms with E-state index in [1.165, 1.54) is 10.5 Å². The zero-order chi connectivity index (χ0) is 11.5. The summed E-state index contributed by atoms with van der Waals surface area (Å²) in [6, 6.07) is 16.9. The van der Waals surface area contributed by atoms with E-state index in [2.05, 4.69) is 52.7 Å². The van der Waals surface area contributed by atoms with Gasteiger partial charge in [0.05, 0.1) is 11.7 Å². The van der Waals surface area contributed by atoms with Gasteiger partial charge in [0.15, 0.2) is 0 Å². The molecule has 3 aromatic rings. The van der Waals surface area contributed by atoms with Crippen molar-refractivity contribution in [1.29, 1.82) is 0 Å². The normalized spacial score (nSPS) is 10.8. The van der Waals surface area contributed by atoms with Crippen LogP contribution in [-0.4, -0.2) is 10.2 Å². The molecule has 0 aliphatic heterocycles. The molecule has 2 nitrogen and oxygen atoms in total. The van der Waals surface area contributed by atoms with Crippen molar-refractivity contribution in [3.8, 4) is 0 Å². The first-order valence-electron chi connectivity index (χ1n) is 5.52. The Kier molecular flexibility index (Phi) is 2.84. The largest absolute Gasteiger partial charge is 0.278 e. The molecule has 0 saturated carbocycles. The minimum absolute atomic E-state index is 1.00. The molecular weight excluding hydrogens is 228 g/mol. The van der Waals surface area contributed by atoms with Gasteiger partial charge < -0.3 is 0 Å². The van der Waals surface area contributed by atoms with E-state index in [1.807, 2.05) is 24.0 Å². The fourth-order valence-corrected chi connectivity index (χ4v) is 2.64. The maximum Gasteiger partial charge on any atom is 0.0661 e. The summed E-state index contributed by atoms with van der Waals surface area (Å²) in [5.74, 6) is 1.00. The van der Waals surface area contributed by atoms with Crippen molar-refractivity contribution in [3.63, 3.8) is 0 Å². The van der Waals surface area contributed by atoms with Crippen molar-refractivity contribution in [2.45, 2.75) is 10.6 Å². The minimum Gasteiger partial charge on any atom is -0.278 e. The van der Waals surface area contributed by atoms with Crippen LogP contribution in [0.15, 0.2) is 59.6 Å². The van der Waals surface area contributed by atoms with Crippen LogP contribution in [0.5, 0.6) is 0 Å². The van der Waals surface area contributed by atoms with Gasteiger partial charge >= 0.3 is 0 Å². The van der Waals surface area contributed by atoms with Crippen LogP contribution in [0, 0.1) is 0 Å². The standard InChI is InChI=1S/C14H12N2S/c1-2-4-11(5-3-1)10-17-13-7-6-12-9-15-16-14(12)8-13/h1-9H,10H2,(H,15,16). The van der Waals surface area contributed by atoms with Crippen LogP contribution < -0.4 is 0 Å². The second kappa shape index (κ2) is 4.63. The molecule has 0 bridgehead atoms. The highest BCUT2D eigenvalue weighted by Crippen LogP contribution is 2.25. The summed E-state index contributed by atoms with van der Waals surface area (Å²) in [6.45, 7) is 0. The summed E-state index contributed by atoms with van der Waals surface area (Å²) in [5.41, 5.74) is 2.45. The van der Waals surface area contributed by atoms with E-state index in [0.717, 1.165) is 16.7 Å². The highest BCUT2D eigenvalue weighted by molar-refractivity contribution is 7.98. The molecule has 0 radical (unpaired) electrons. The van der Waals surface area contributed by atoms with Gasteiger partial charge in [-0.2, -0.15) is 5.10 Å². The number of fused-ring (bicyclic) bond motifs is 1. The van der Waals surface area contributed by atoms with E-state index in [9.17, 15) is 0 Å². The lowest BCUT2D eigenvalue weighted by atomic mass is 10.2. The fourth-order valence-electron chi connectivity index (χ4n) is 1.75. The van der Waals surface area contributed by atoms with Crippen molar-refractivity contribution in [3.05, 3.63) is 60.3 Å². The molecule has 0 atom stereocenters. The van der Waals surface area contributed by atoms with Gasteiger partial charge in [-0.05, 0) is 17.7 Å². The lowest BCUT2D eigenvalue weighted by molar-refractivity contribution is 1.12. The fraction of sp³-hybridized carbons (Fsp3) is 0.0714. The Bertz CT molecular complexity index is 616. The second-order valence-corrected chi connectivity index (χ2v) is 4.94. The van der Waals surface area contributed by atoms with Crippen LogP contribution in [0.2, 0.25) is 0 Å². The SMILES string of the molecule is c1ccc(CSc2ccc3cn[nH]c3c2)cc1. The molecule has 0 aliphatic carbocycles. The van der Waals surface area contributed by atoms with E-state index in [1.54, 1.807) is 0 Å². The molecule has 2 aromatic carbocycles. The van der Waals surface area contributed by atoms with Crippen molar-refractivity contribution in [1.82, 2.24) is 10.2 Å². The zero-order valence-electron chi connectivity index (χ0n) is 9.26. The third kappa shape index (κ3) is 2.34. The quantitative estimate of drug-likeness (QED) is 0.704. The molecule has 17 heavy (non-hydrogen) atoms. The number of rotatable bonds is 3. The van der Waals surface area contributed by atoms with E-state index in [4.69, 9.17) is 0 Å². The van der Waals surface area contributed by atoms with E-state index in [0.29, 0.717) is 0 Å². The highest BCUT2D eigenvalue weighted by atomic mass is 32.2. The Balaban J connectivity index is 1.76. The zero-order valence-corrected chi connectivity index (χ0v) is 10.1. The molecule has 3 heteroatoms. The first-order valence-corrected chi connectivity index (χ1v) is 6.50. The second-order valence-electron chi connectivity index (χ2n) is 3.89. The average molecular weight is 240 g/mol. The monoisotopic (exact) mass is 240 g/mol. The predicted octanol–water partition coefficient (Wildman–Crippen LogP) is 3.86. The molecule has 0 aliphatic rings. The summed E-state index contributed by atoms with van der Waals surface area (Å²) in [4.78, 5) is 1.27. The van der Waals surface area contributed by atoms with Crippen LogP contribution in [0.25, 0.3) is 10.9 Å². The molecule has 0 fully saturated rings. The van der Waals surface area contributed by atoms with E-state index < -0.39 is 0 Å². The number of aromatic nitrogens is 2. The van der Waals surface area contributed by atoms with Gasteiger partial charge in [0, 0.05) is 16.0 Å². The molecule has 1 N–H and O–H groups in total. The number of benzene rings is 2. The topological polar surface area (TPSA) is 28.7 Å². The van der Waals surface area contributed by atoms with Crippen molar-refractivity contribution < 1.29 is 0 Å². The Morgan fingerprint density at radius 2 is 1.94 bits per heavy atom. The van der Waals surface area contributed by atoms with Crippen LogP contribution in [0.1, 0.15) is 5.56 Å². The van der Waals surface area contributed by atoms with Gasteiger partial charge in [0.1, 0.15) is 0 Å². The molecule has 1 heterocycles. The van der Waals surface area contributed by atoms with Gasteiger partial charge in [0.25, 0.3) is 0 Å². The number of H-pyrrole nitrogens is 1. The van der Waals surface area contributed by atoms with Gasteiger partial charge in [0.2, 0.25) is 0 Å². The first kappa shape index (κ1) is 10.4. The van der Waals surface area contributed by atoms with Crippen LogP contribution >= 0.6 is 11.8 Å². The molecule has 0 amide bonds. The summed E-state index contributed by atoms with van der Waals surface area (Å²) in [6.07, 6.45) is 1.85. The minimum atomic E-state index is 1.00. The first-order chi connectivity index (χ1) is 8.42. The maximum absolute atomic E-state index is 4.03. The Morgan fingerprint density at radius 1 is 1.06 bits per heavy atom. The molecule has 84 valence electrons. The van der Waals surface area contributed by atoms with Crippen LogP contribution in [-0.2, 0) is 5.75 Å². The predicted molar refractivity (Wildman–Crippen MR) is 72.1 cm³/mol. The number of hydrogen-bond acceptors (Lipinski definition) is 2. The summed E-state index contributed by atoms with van der Waals surface area (Å²) < 4.78 is 0. The van der Waals surface area contributed by atoms with E-state index in [-0.39, 0.29) is 0 Å². The molecular formula is C14H12N2S. The Morgan fingerprint density at radius 3 is 2.82 bits per heavy atom. The number of nitrogens with zero attached hydrogens (tertiary/aromatic N) is 1. The summed E-state index contributed by atoms with van der Waals surface area (Å²) in [5, 5.41) is 8.18. The van der Waals surface area contributed by atoms with Gasteiger partial charge in [-0.1, -0.05) is 36.4 Å². The third-order valence-electron chi connectivity index (χ3n) is 2.66. The van der Waals surface area contributed by atoms with E-state index >= 15 is 0 Å². The van der Waals surface area contributed by atoms with Crippen molar-refractivity contribution >= 4 is 22.7 Å². The van der Waals surface area contributed by atoms with Gasteiger partial charge in [-0.25, -0.2) is 0 Å². The Hall–Kier alpha value is -1.74. The van der Waals surface area contributed by atoms with Crippen molar-refractivity contribution in [2.75, 3.05) is 0 Å². The molecule has 0 spiro atoms. The number of aromatic amines is 1. The summed E-state index contributed by atoms with van der Waals surface area (Å²) >= 11 is 1.84. The van der Waals surface area contributed by atoms with Crippen LogP contribution in [0.3, 0.4) is 0 Å². The van der Waals surface area contributed by atoms with Crippen molar-refractivity contribution in [2.24, 2.45) is 0 Å². The Labute approximate surface area is 104 Å². The summed E-state index contributed by atoms with van der Waals surface area (Å²) in [7, 11) is 0. The molecule has 0 saturated heterocycles. The molecule has 0 unspecified atom stereocenters. The molecule has 1 aromatic heterocycles.